The van der Waals surface area contributed by atoms with Crippen LogP contribution < -0.4 is 5.32 Å². The zero-order valence-electron chi connectivity index (χ0n) is 11.3. The number of hydrogen-bond donors (Lipinski definition) is 1. The van der Waals surface area contributed by atoms with Gasteiger partial charge < -0.3 is 14.7 Å². The van der Waals surface area contributed by atoms with Crippen molar-refractivity contribution in [3.63, 3.8) is 0 Å². The molecule has 0 aliphatic carbocycles. The van der Waals surface area contributed by atoms with Crippen LogP contribution in [0.2, 0.25) is 0 Å². The lowest BCUT2D eigenvalue weighted by Gasteiger charge is -2.23. The second-order valence-corrected chi connectivity index (χ2v) is 4.95. The number of likely N-dealkylation sites (N-methyl/N-ethyl adjacent to an activating group) is 1. The fraction of sp³-hybridized carbons (Fsp3) is 0.692. The highest BCUT2D eigenvalue weighted by atomic mass is 16.5. The molecule has 2 heterocycles. The van der Waals surface area contributed by atoms with E-state index >= 15 is 0 Å². The maximum Gasteiger partial charge on any atom is 0.222 e. The summed E-state index contributed by atoms with van der Waals surface area (Å²) in [7, 11) is 1.90. The maximum absolute atomic E-state index is 12.1. The predicted octanol–water partition coefficient (Wildman–Crippen LogP) is 1.04. The van der Waals surface area contributed by atoms with Gasteiger partial charge in [-0.15, -0.1) is 0 Å². The third-order valence-electron chi connectivity index (χ3n) is 3.75. The summed E-state index contributed by atoms with van der Waals surface area (Å²) in [6, 6.07) is 0.349. The van der Waals surface area contributed by atoms with Gasteiger partial charge in [0.25, 0.3) is 0 Å². The van der Waals surface area contributed by atoms with Gasteiger partial charge in [-0.25, -0.2) is 0 Å². The van der Waals surface area contributed by atoms with E-state index in [-0.39, 0.29) is 5.91 Å². The molecule has 0 saturated carbocycles. The third kappa shape index (κ3) is 2.72. The first kappa shape index (κ1) is 13.1. The molecule has 1 N–H and O–H groups in total. The highest BCUT2D eigenvalue weighted by Crippen LogP contribution is 2.16. The molecule has 1 amide bonds. The summed E-state index contributed by atoms with van der Waals surface area (Å²) in [5.74, 6) is 1.02. The maximum atomic E-state index is 12.1. The number of aryl methyl sites for hydroxylation is 2. The molecule has 5 nitrogen and oxygen atoms in total. The average molecular weight is 251 g/mol. The smallest absolute Gasteiger partial charge is 0.222 e. The van der Waals surface area contributed by atoms with Gasteiger partial charge >= 0.3 is 0 Å². The van der Waals surface area contributed by atoms with Gasteiger partial charge in [-0.2, -0.15) is 0 Å². The van der Waals surface area contributed by atoms with Crippen molar-refractivity contribution in [3.8, 4) is 0 Å². The minimum absolute atomic E-state index is 0.198. The number of carbonyl (C=O) groups is 1. The lowest BCUT2D eigenvalue weighted by molar-refractivity contribution is -0.131. The number of amides is 1. The van der Waals surface area contributed by atoms with E-state index in [0.717, 1.165) is 36.5 Å². The Labute approximate surface area is 108 Å². The molecule has 1 saturated heterocycles. The fourth-order valence-corrected chi connectivity index (χ4v) is 2.44. The van der Waals surface area contributed by atoms with E-state index in [1.54, 1.807) is 0 Å². The second kappa shape index (κ2) is 5.52. The first-order valence-electron chi connectivity index (χ1n) is 6.47. The molecule has 1 aliphatic rings. The zero-order valence-corrected chi connectivity index (χ0v) is 11.3. The van der Waals surface area contributed by atoms with Gasteiger partial charge in [0.05, 0.1) is 5.69 Å². The summed E-state index contributed by atoms with van der Waals surface area (Å²) in [4.78, 5) is 14.0. The molecule has 0 bridgehead atoms. The highest BCUT2D eigenvalue weighted by Gasteiger charge is 2.23. The summed E-state index contributed by atoms with van der Waals surface area (Å²) in [5, 5.41) is 7.18. The van der Waals surface area contributed by atoms with Crippen LogP contribution in [0.3, 0.4) is 0 Å². The van der Waals surface area contributed by atoms with Crippen molar-refractivity contribution < 1.29 is 9.32 Å². The molecule has 1 fully saturated rings. The van der Waals surface area contributed by atoms with Crippen LogP contribution >= 0.6 is 0 Å². The van der Waals surface area contributed by atoms with E-state index in [4.69, 9.17) is 4.52 Å². The Morgan fingerprint density at radius 2 is 2.33 bits per heavy atom. The second-order valence-electron chi connectivity index (χ2n) is 4.95. The number of carbonyl (C=O) groups excluding carboxylic acids is 1. The molecule has 1 atom stereocenters. The largest absolute Gasteiger partial charge is 0.361 e. The Kier molecular flexibility index (Phi) is 4.01. The predicted molar refractivity (Wildman–Crippen MR) is 68.3 cm³/mol. The summed E-state index contributed by atoms with van der Waals surface area (Å²) in [6.07, 6.45) is 2.29. The molecular formula is C13H21N3O2. The van der Waals surface area contributed by atoms with Crippen LogP contribution in [-0.2, 0) is 11.2 Å². The molecule has 1 aliphatic heterocycles. The van der Waals surface area contributed by atoms with Gasteiger partial charge in [-0.05, 0) is 33.2 Å². The van der Waals surface area contributed by atoms with E-state index in [1.165, 1.54) is 0 Å². The van der Waals surface area contributed by atoms with Crippen molar-refractivity contribution >= 4 is 5.91 Å². The van der Waals surface area contributed by atoms with E-state index < -0.39 is 0 Å². The van der Waals surface area contributed by atoms with Gasteiger partial charge in [0.15, 0.2) is 0 Å². The minimum atomic E-state index is 0.198. The van der Waals surface area contributed by atoms with Crippen LogP contribution in [0.15, 0.2) is 4.52 Å². The van der Waals surface area contributed by atoms with Crippen LogP contribution in [-0.4, -0.2) is 42.1 Å². The van der Waals surface area contributed by atoms with Crippen molar-refractivity contribution in [1.29, 1.82) is 0 Å². The number of hydrogen-bond acceptors (Lipinski definition) is 4. The lowest BCUT2D eigenvalue weighted by Crippen LogP contribution is -2.38. The van der Waals surface area contributed by atoms with Crippen molar-refractivity contribution in [2.45, 2.75) is 39.2 Å². The standard InChI is InChI=1S/C13H21N3O2/c1-9-12(10(2)18-15-9)4-5-13(17)16(3)11-6-7-14-8-11/h11,14H,4-8H2,1-3H3. The molecule has 100 valence electrons. The first-order valence-corrected chi connectivity index (χ1v) is 6.47. The number of aromatic nitrogens is 1. The number of nitrogens with zero attached hydrogens (tertiary/aromatic N) is 2. The van der Waals surface area contributed by atoms with Gasteiger partial charge in [0, 0.05) is 31.6 Å². The van der Waals surface area contributed by atoms with Crippen LogP contribution in [0.25, 0.3) is 0 Å². The Balaban J connectivity index is 1.88. The van der Waals surface area contributed by atoms with Gasteiger partial charge in [-0.3, -0.25) is 4.79 Å². The minimum Gasteiger partial charge on any atom is -0.361 e. The Morgan fingerprint density at radius 3 is 2.89 bits per heavy atom. The lowest BCUT2D eigenvalue weighted by atomic mass is 10.1. The Hall–Kier alpha value is -1.36. The number of nitrogens with one attached hydrogen (secondary N) is 1. The fourth-order valence-electron chi connectivity index (χ4n) is 2.44. The molecule has 0 radical (unpaired) electrons. The van der Waals surface area contributed by atoms with E-state index in [9.17, 15) is 4.79 Å². The van der Waals surface area contributed by atoms with Crippen LogP contribution in [0, 0.1) is 13.8 Å². The quantitative estimate of drug-likeness (QED) is 0.869. The van der Waals surface area contributed by atoms with Gasteiger partial charge in [-0.1, -0.05) is 5.16 Å². The number of rotatable bonds is 4. The first-order chi connectivity index (χ1) is 8.59. The third-order valence-corrected chi connectivity index (χ3v) is 3.75. The van der Waals surface area contributed by atoms with Crippen LogP contribution in [0.1, 0.15) is 29.9 Å². The molecule has 1 unspecified atom stereocenters. The van der Waals surface area contributed by atoms with Crippen molar-refractivity contribution in [2.75, 3.05) is 20.1 Å². The van der Waals surface area contributed by atoms with Crippen LogP contribution in [0.4, 0.5) is 0 Å². The van der Waals surface area contributed by atoms with E-state index in [2.05, 4.69) is 10.5 Å². The zero-order chi connectivity index (χ0) is 13.1. The molecule has 18 heavy (non-hydrogen) atoms. The summed E-state index contributed by atoms with van der Waals surface area (Å²) in [6.45, 7) is 5.73. The molecule has 0 aromatic carbocycles. The van der Waals surface area contributed by atoms with Crippen molar-refractivity contribution in [2.24, 2.45) is 0 Å². The summed E-state index contributed by atoms with van der Waals surface area (Å²) < 4.78 is 5.10. The monoisotopic (exact) mass is 251 g/mol. The van der Waals surface area contributed by atoms with Gasteiger partial charge in [0.2, 0.25) is 5.91 Å². The summed E-state index contributed by atoms with van der Waals surface area (Å²) >= 11 is 0. The normalized spacial score (nSPS) is 19.2. The van der Waals surface area contributed by atoms with Crippen LogP contribution in [0.5, 0.6) is 0 Å². The molecule has 0 spiro atoms. The Bertz CT molecular complexity index is 402. The van der Waals surface area contributed by atoms with E-state index in [1.807, 2.05) is 25.8 Å². The topological polar surface area (TPSA) is 58.4 Å². The highest BCUT2D eigenvalue weighted by molar-refractivity contribution is 5.76. The summed E-state index contributed by atoms with van der Waals surface area (Å²) in [5.41, 5.74) is 1.96. The van der Waals surface area contributed by atoms with Crippen molar-refractivity contribution in [3.05, 3.63) is 17.0 Å². The van der Waals surface area contributed by atoms with Crippen molar-refractivity contribution in [1.82, 2.24) is 15.4 Å². The SMILES string of the molecule is Cc1noc(C)c1CCC(=O)N(C)C1CCNC1. The average Bonchev–Trinajstić information content (AvgIpc) is 2.97. The molecule has 1 aromatic heterocycles. The van der Waals surface area contributed by atoms with Gasteiger partial charge in [0.1, 0.15) is 5.76 Å². The molecule has 1 aromatic rings. The Morgan fingerprint density at radius 1 is 1.56 bits per heavy atom. The molecule has 5 heteroatoms. The molecule has 2 rings (SSSR count). The molecular weight excluding hydrogens is 230 g/mol. The van der Waals surface area contributed by atoms with E-state index in [0.29, 0.717) is 18.9 Å².